The van der Waals surface area contributed by atoms with Crippen LogP contribution in [0.25, 0.3) is 0 Å². The van der Waals surface area contributed by atoms with Gasteiger partial charge < -0.3 is 4.90 Å². The lowest BCUT2D eigenvalue weighted by Gasteiger charge is -2.26. The largest absolute Gasteiger partial charge is 0.341 e. The molecule has 0 N–H and O–H groups in total. The van der Waals surface area contributed by atoms with E-state index >= 15 is 0 Å². The molecule has 2 heterocycles. The molecule has 0 bridgehead atoms. The van der Waals surface area contributed by atoms with Crippen LogP contribution in [0.2, 0.25) is 0 Å². The van der Waals surface area contributed by atoms with Crippen molar-refractivity contribution in [2.45, 2.75) is 19.3 Å². The van der Waals surface area contributed by atoms with Crippen molar-refractivity contribution >= 4 is 5.95 Å². The van der Waals surface area contributed by atoms with Crippen LogP contribution in [-0.4, -0.2) is 23.1 Å². The quantitative estimate of drug-likeness (QED) is 0.667. The van der Waals surface area contributed by atoms with Gasteiger partial charge in [0.1, 0.15) is 11.8 Å². The van der Waals surface area contributed by atoms with Gasteiger partial charge in [0.15, 0.2) is 0 Å². The van der Waals surface area contributed by atoms with Gasteiger partial charge >= 0.3 is 0 Å². The van der Waals surface area contributed by atoms with Crippen LogP contribution in [0.4, 0.5) is 5.95 Å². The van der Waals surface area contributed by atoms with Gasteiger partial charge in [0.2, 0.25) is 5.95 Å². The van der Waals surface area contributed by atoms with Gasteiger partial charge in [-0.1, -0.05) is 0 Å². The first-order valence-electron chi connectivity index (χ1n) is 4.88. The summed E-state index contributed by atoms with van der Waals surface area (Å²) in [4.78, 5) is 10.5. The summed E-state index contributed by atoms with van der Waals surface area (Å²) in [6, 6.07) is 3.66. The molecule has 1 saturated heterocycles. The summed E-state index contributed by atoms with van der Waals surface area (Å²) in [5.41, 5.74) is 0.445. The number of hydrogen-bond donors (Lipinski definition) is 0. The first-order chi connectivity index (χ1) is 6.90. The average Bonchev–Trinajstić information content (AvgIpc) is 2.30. The van der Waals surface area contributed by atoms with Crippen LogP contribution in [0.1, 0.15) is 25.0 Å². The molecule has 0 amide bonds. The van der Waals surface area contributed by atoms with Crippen molar-refractivity contribution in [2.75, 3.05) is 18.0 Å². The first-order valence-corrected chi connectivity index (χ1v) is 4.88. The predicted octanol–water partition coefficient (Wildman–Crippen LogP) is 1.34. The Bertz CT molecular complexity index is 349. The Balaban J connectivity index is 2.18. The number of aromatic nitrogens is 2. The van der Waals surface area contributed by atoms with E-state index in [-0.39, 0.29) is 0 Å². The number of piperidine rings is 1. The summed E-state index contributed by atoms with van der Waals surface area (Å²) < 4.78 is 0. The van der Waals surface area contributed by atoms with Crippen molar-refractivity contribution in [1.82, 2.24) is 9.97 Å². The van der Waals surface area contributed by atoms with Crippen LogP contribution in [-0.2, 0) is 0 Å². The maximum Gasteiger partial charge on any atom is 0.226 e. The molecule has 0 radical (unpaired) electrons. The zero-order valence-electron chi connectivity index (χ0n) is 7.98. The van der Waals surface area contributed by atoms with Gasteiger partial charge in [-0.3, -0.25) is 0 Å². The van der Waals surface area contributed by atoms with Gasteiger partial charge in [-0.25, -0.2) is 9.97 Å². The Kier molecular flexibility index (Phi) is 2.59. The molecule has 1 aromatic heterocycles. The molecule has 0 spiro atoms. The van der Waals surface area contributed by atoms with Crippen molar-refractivity contribution in [3.05, 3.63) is 18.0 Å². The second-order valence-corrected chi connectivity index (χ2v) is 3.40. The fourth-order valence-corrected chi connectivity index (χ4v) is 1.66. The van der Waals surface area contributed by atoms with Crippen molar-refractivity contribution in [2.24, 2.45) is 0 Å². The minimum Gasteiger partial charge on any atom is -0.341 e. The molecular formula is C10H12N4. The lowest BCUT2D eigenvalue weighted by atomic mass is 10.1. The van der Waals surface area contributed by atoms with Crippen molar-refractivity contribution in [3.63, 3.8) is 0 Å². The van der Waals surface area contributed by atoms with Crippen LogP contribution in [0.15, 0.2) is 12.3 Å². The highest BCUT2D eigenvalue weighted by atomic mass is 15.2. The van der Waals surface area contributed by atoms with Gasteiger partial charge in [-0.2, -0.15) is 5.26 Å². The van der Waals surface area contributed by atoms with E-state index in [9.17, 15) is 0 Å². The Morgan fingerprint density at radius 1 is 1.29 bits per heavy atom. The van der Waals surface area contributed by atoms with Crippen LogP contribution >= 0.6 is 0 Å². The molecule has 72 valence electrons. The standard InChI is InChI=1S/C10H12N4/c11-8-9-4-5-12-10(13-9)14-6-2-1-3-7-14/h4-5H,1-3,6-7H2. The minimum atomic E-state index is 0.445. The highest BCUT2D eigenvalue weighted by Gasteiger charge is 2.13. The molecule has 1 aromatic rings. The Morgan fingerprint density at radius 2 is 2.07 bits per heavy atom. The zero-order chi connectivity index (χ0) is 9.80. The third-order valence-corrected chi connectivity index (χ3v) is 2.40. The van der Waals surface area contributed by atoms with E-state index in [1.54, 1.807) is 12.3 Å². The third-order valence-electron chi connectivity index (χ3n) is 2.40. The summed E-state index contributed by atoms with van der Waals surface area (Å²) in [6.45, 7) is 2.02. The first kappa shape index (κ1) is 8.95. The van der Waals surface area contributed by atoms with E-state index < -0.39 is 0 Å². The van der Waals surface area contributed by atoms with Gasteiger partial charge in [0, 0.05) is 19.3 Å². The summed E-state index contributed by atoms with van der Waals surface area (Å²) in [7, 11) is 0. The molecule has 1 fully saturated rings. The normalized spacial score (nSPS) is 16.4. The monoisotopic (exact) mass is 188 g/mol. The SMILES string of the molecule is N#Cc1ccnc(N2CCCCC2)n1. The molecule has 14 heavy (non-hydrogen) atoms. The average molecular weight is 188 g/mol. The maximum absolute atomic E-state index is 8.70. The number of nitrogens with zero attached hydrogens (tertiary/aromatic N) is 4. The Hall–Kier alpha value is -1.63. The summed E-state index contributed by atoms with van der Waals surface area (Å²) in [6.07, 6.45) is 5.32. The molecule has 1 aliphatic rings. The third kappa shape index (κ3) is 1.82. The second kappa shape index (κ2) is 4.05. The molecule has 4 heteroatoms. The molecule has 4 nitrogen and oxygen atoms in total. The predicted molar refractivity (Wildman–Crippen MR) is 52.8 cm³/mol. The van der Waals surface area contributed by atoms with Gasteiger partial charge in [0.25, 0.3) is 0 Å². The lowest BCUT2D eigenvalue weighted by Crippen LogP contribution is -2.31. The Labute approximate surface area is 83.2 Å². The van der Waals surface area contributed by atoms with E-state index in [0.717, 1.165) is 13.1 Å². The van der Waals surface area contributed by atoms with E-state index in [1.807, 2.05) is 6.07 Å². The van der Waals surface area contributed by atoms with Gasteiger partial charge in [0.05, 0.1) is 0 Å². The summed E-state index contributed by atoms with van der Waals surface area (Å²) >= 11 is 0. The van der Waals surface area contributed by atoms with Crippen molar-refractivity contribution in [3.8, 4) is 6.07 Å². The van der Waals surface area contributed by atoms with Crippen LogP contribution in [0, 0.1) is 11.3 Å². The fraction of sp³-hybridized carbons (Fsp3) is 0.500. The van der Waals surface area contributed by atoms with Crippen LogP contribution < -0.4 is 4.90 Å². The van der Waals surface area contributed by atoms with Gasteiger partial charge in [-0.15, -0.1) is 0 Å². The van der Waals surface area contributed by atoms with Gasteiger partial charge in [-0.05, 0) is 25.3 Å². The molecular weight excluding hydrogens is 176 g/mol. The van der Waals surface area contributed by atoms with Crippen molar-refractivity contribution in [1.29, 1.82) is 5.26 Å². The lowest BCUT2D eigenvalue weighted by molar-refractivity contribution is 0.568. The minimum absolute atomic E-state index is 0.445. The van der Waals surface area contributed by atoms with E-state index in [2.05, 4.69) is 14.9 Å². The van der Waals surface area contributed by atoms with Crippen molar-refractivity contribution < 1.29 is 0 Å². The fourth-order valence-electron chi connectivity index (χ4n) is 1.66. The molecule has 0 aromatic carbocycles. The molecule has 0 atom stereocenters. The number of hydrogen-bond acceptors (Lipinski definition) is 4. The summed E-state index contributed by atoms with van der Waals surface area (Å²) in [5.74, 6) is 0.698. The molecule has 1 aliphatic heterocycles. The van der Waals surface area contributed by atoms with E-state index in [4.69, 9.17) is 5.26 Å². The number of nitriles is 1. The smallest absolute Gasteiger partial charge is 0.226 e. The zero-order valence-corrected chi connectivity index (χ0v) is 7.98. The highest BCUT2D eigenvalue weighted by molar-refractivity contribution is 5.33. The molecule has 2 rings (SSSR count). The number of anilines is 1. The van der Waals surface area contributed by atoms with E-state index in [1.165, 1.54) is 19.3 Å². The Morgan fingerprint density at radius 3 is 2.79 bits per heavy atom. The molecule has 0 unspecified atom stereocenters. The van der Waals surface area contributed by atoms with E-state index in [0.29, 0.717) is 11.6 Å². The van der Waals surface area contributed by atoms with Crippen LogP contribution in [0.3, 0.4) is 0 Å². The maximum atomic E-state index is 8.70. The molecule has 0 saturated carbocycles. The second-order valence-electron chi connectivity index (χ2n) is 3.40. The summed E-state index contributed by atoms with van der Waals surface area (Å²) in [5, 5.41) is 8.70. The topological polar surface area (TPSA) is 52.8 Å². The molecule has 0 aliphatic carbocycles. The number of rotatable bonds is 1. The highest BCUT2D eigenvalue weighted by Crippen LogP contribution is 2.14. The van der Waals surface area contributed by atoms with Crippen LogP contribution in [0.5, 0.6) is 0 Å².